The van der Waals surface area contributed by atoms with E-state index in [9.17, 15) is 4.79 Å². The van der Waals surface area contributed by atoms with Crippen molar-refractivity contribution in [2.45, 2.75) is 19.8 Å². The third-order valence-electron chi connectivity index (χ3n) is 4.56. The molecule has 1 heterocycles. The smallest absolute Gasteiger partial charge is 0.359 e. The monoisotopic (exact) mass is 420 g/mol. The van der Waals surface area contributed by atoms with E-state index in [0.717, 1.165) is 28.8 Å². The average Bonchev–Trinajstić information content (AvgIpc) is 3.01. The Bertz CT molecular complexity index is 1060. The van der Waals surface area contributed by atoms with Gasteiger partial charge in [0.05, 0.1) is 23.0 Å². The van der Waals surface area contributed by atoms with Crippen LogP contribution in [0.5, 0.6) is 0 Å². The van der Waals surface area contributed by atoms with Crippen LogP contribution in [-0.2, 0) is 17.6 Å². The molecule has 0 aliphatic heterocycles. The van der Waals surface area contributed by atoms with Gasteiger partial charge >= 0.3 is 5.97 Å². The number of aromatic nitrogens is 2. The van der Waals surface area contributed by atoms with Crippen LogP contribution in [0, 0.1) is 0 Å². The van der Waals surface area contributed by atoms with Gasteiger partial charge in [0, 0.05) is 21.2 Å². The van der Waals surface area contributed by atoms with Crippen molar-refractivity contribution in [1.82, 2.24) is 9.78 Å². The highest BCUT2D eigenvalue weighted by molar-refractivity contribution is 6.35. The maximum atomic E-state index is 12.5. The van der Waals surface area contributed by atoms with Crippen LogP contribution < -0.4 is 0 Å². The molecule has 4 nitrogen and oxygen atoms in total. The van der Waals surface area contributed by atoms with Crippen molar-refractivity contribution in [3.05, 3.63) is 68.3 Å². The lowest BCUT2D eigenvalue weighted by atomic mass is 9.89. The number of nitrogens with zero attached hydrogens (tertiary/aromatic N) is 2. The van der Waals surface area contributed by atoms with Gasteiger partial charge in [0.2, 0.25) is 0 Å². The first-order valence-electron chi connectivity index (χ1n) is 8.52. The van der Waals surface area contributed by atoms with E-state index < -0.39 is 5.97 Å². The van der Waals surface area contributed by atoms with Crippen molar-refractivity contribution in [1.29, 1.82) is 0 Å². The maximum absolute atomic E-state index is 12.5. The molecule has 0 radical (unpaired) electrons. The van der Waals surface area contributed by atoms with E-state index in [-0.39, 0.29) is 6.61 Å². The zero-order chi connectivity index (χ0) is 19.1. The third kappa shape index (κ3) is 3.22. The Hall–Kier alpha value is -2.01. The molecule has 0 fully saturated rings. The average molecular weight is 422 g/mol. The molecule has 0 N–H and O–H groups in total. The largest absolute Gasteiger partial charge is 0.461 e. The lowest BCUT2D eigenvalue weighted by molar-refractivity contribution is 0.0517. The van der Waals surface area contributed by atoms with E-state index in [0.29, 0.717) is 32.9 Å². The van der Waals surface area contributed by atoms with E-state index in [1.54, 1.807) is 29.8 Å². The summed E-state index contributed by atoms with van der Waals surface area (Å²) in [6, 6.07) is 10.9. The van der Waals surface area contributed by atoms with Gasteiger partial charge in [0.25, 0.3) is 0 Å². The van der Waals surface area contributed by atoms with E-state index in [4.69, 9.17) is 39.5 Å². The van der Waals surface area contributed by atoms with Crippen molar-refractivity contribution in [3.8, 4) is 16.9 Å². The minimum absolute atomic E-state index is 0.286. The summed E-state index contributed by atoms with van der Waals surface area (Å²) in [7, 11) is 0. The van der Waals surface area contributed by atoms with Crippen LogP contribution in [0.15, 0.2) is 36.4 Å². The molecule has 1 aliphatic carbocycles. The molecular weight excluding hydrogens is 407 g/mol. The molecular formula is C20H15Cl3N2O2. The van der Waals surface area contributed by atoms with Gasteiger partial charge in [0.1, 0.15) is 0 Å². The van der Waals surface area contributed by atoms with Crippen LogP contribution in [0.4, 0.5) is 0 Å². The molecule has 2 aromatic carbocycles. The van der Waals surface area contributed by atoms with Crippen molar-refractivity contribution < 1.29 is 9.53 Å². The molecule has 1 aromatic heterocycles. The predicted octanol–water partition coefficient (Wildman–Crippen LogP) is 5.77. The number of aryl methyl sites for hydroxylation is 1. The van der Waals surface area contributed by atoms with Crippen LogP contribution >= 0.6 is 34.8 Å². The molecule has 1 aliphatic rings. The van der Waals surface area contributed by atoms with Crippen LogP contribution in [0.1, 0.15) is 28.5 Å². The topological polar surface area (TPSA) is 44.1 Å². The van der Waals surface area contributed by atoms with Gasteiger partial charge in [-0.05, 0) is 55.7 Å². The summed E-state index contributed by atoms with van der Waals surface area (Å²) in [6.07, 6.45) is 1.44. The summed E-state index contributed by atoms with van der Waals surface area (Å²) in [5, 5.41) is 6.23. The van der Waals surface area contributed by atoms with Crippen molar-refractivity contribution in [2.24, 2.45) is 0 Å². The number of halogens is 3. The summed E-state index contributed by atoms with van der Waals surface area (Å²) in [5.41, 5.74) is 4.75. The summed E-state index contributed by atoms with van der Waals surface area (Å²) < 4.78 is 6.91. The molecule has 4 rings (SSSR count). The minimum Gasteiger partial charge on any atom is -0.461 e. The number of ether oxygens (including phenoxy) is 1. The summed E-state index contributed by atoms with van der Waals surface area (Å²) in [6.45, 7) is 2.06. The number of fused-ring (bicyclic) bond motifs is 3. The lowest BCUT2D eigenvalue weighted by Gasteiger charge is -2.19. The Morgan fingerprint density at radius 2 is 1.85 bits per heavy atom. The van der Waals surface area contributed by atoms with Gasteiger partial charge in [-0.1, -0.05) is 40.9 Å². The van der Waals surface area contributed by atoms with Crippen LogP contribution in [0.25, 0.3) is 16.9 Å². The molecule has 3 aromatic rings. The number of carbonyl (C=O) groups is 1. The summed E-state index contributed by atoms with van der Waals surface area (Å²) in [4.78, 5) is 12.5. The van der Waals surface area contributed by atoms with Gasteiger partial charge < -0.3 is 4.74 Å². The van der Waals surface area contributed by atoms with Crippen LogP contribution in [0.2, 0.25) is 15.1 Å². The lowest BCUT2D eigenvalue weighted by Crippen LogP contribution is -2.10. The number of benzene rings is 2. The van der Waals surface area contributed by atoms with Gasteiger partial charge in [-0.3, -0.25) is 0 Å². The number of hydrogen-bond acceptors (Lipinski definition) is 3. The molecule has 0 amide bonds. The van der Waals surface area contributed by atoms with Crippen LogP contribution in [0.3, 0.4) is 0 Å². The SMILES string of the molecule is CCOC(=O)c1nn(-c2ccc(Cl)cc2Cl)c2c1CCc1cc(Cl)ccc1-2. The molecule has 0 saturated heterocycles. The third-order valence-corrected chi connectivity index (χ3v) is 5.33. The highest BCUT2D eigenvalue weighted by atomic mass is 35.5. The molecule has 0 saturated carbocycles. The fraction of sp³-hybridized carbons (Fsp3) is 0.200. The Morgan fingerprint density at radius 1 is 1.11 bits per heavy atom. The Kier molecular flexibility index (Phi) is 4.89. The van der Waals surface area contributed by atoms with Crippen molar-refractivity contribution in [2.75, 3.05) is 6.61 Å². The first kappa shape index (κ1) is 18.4. The molecule has 0 atom stereocenters. The fourth-order valence-corrected chi connectivity index (χ4v) is 4.10. The van der Waals surface area contributed by atoms with E-state index >= 15 is 0 Å². The standard InChI is InChI=1S/C20H15Cl3N2O2/c1-2-27-20(26)18-15-6-3-11-9-12(21)4-7-14(11)19(15)25(24-18)17-8-5-13(22)10-16(17)23/h4-5,7-10H,2-3,6H2,1H3. The molecule has 138 valence electrons. The van der Waals surface area contributed by atoms with E-state index in [1.807, 2.05) is 18.2 Å². The van der Waals surface area contributed by atoms with E-state index in [2.05, 4.69) is 5.10 Å². The van der Waals surface area contributed by atoms with Crippen LogP contribution in [-0.4, -0.2) is 22.4 Å². The zero-order valence-corrected chi connectivity index (χ0v) is 16.7. The second kappa shape index (κ2) is 7.19. The molecule has 0 spiro atoms. The molecule has 7 heteroatoms. The second-order valence-electron chi connectivity index (χ2n) is 6.21. The predicted molar refractivity (Wildman–Crippen MR) is 107 cm³/mol. The number of esters is 1. The normalized spacial score (nSPS) is 12.4. The Morgan fingerprint density at radius 3 is 2.59 bits per heavy atom. The number of carbonyl (C=O) groups excluding carboxylic acids is 1. The second-order valence-corrected chi connectivity index (χ2v) is 7.49. The minimum atomic E-state index is -0.435. The van der Waals surface area contributed by atoms with Gasteiger partial charge in [-0.2, -0.15) is 5.10 Å². The maximum Gasteiger partial charge on any atom is 0.359 e. The zero-order valence-electron chi connectivity index (χ0n) is 14.4. The van der Waals surface area contributed by atoms with E-state index in [1.165, 1.54) is 0 Å². The summed E-state index contributed by atoms with van der Waals surface area (Å²) >= 11 is 18.6. The number of hydrogen-bond donors (Lipinski definition) is 0. The first-order valence-corrected chi connectivity index (χ1v) is 9.66. The van der Waals surface area contributed by atoms with Gasteiger partial charge in [-0.25, -0.2) is 9.48 Å². The summed E-state index contributed by atoms with van der Waals surface area (Å²) in [5.74, 6) is -0.435. The quantitative estimate of drug-likeness (QED) is 0.504. The highest BCUT2D eigenvalue weighted by Gasteiger charge is 2.30. The Labute approximate surface area is 171 Å². The highest BCUT2D eigenvalue weighted by Crippen LogP contribution is 2.39. The molecule has 0 unspecified atom stereocenters. The van der Waals surface area contributed by atoms with Crippen molar-refractivity contribution in [3.63, 3.8) is 0 Å². The van der Waals surface area contributed by atoms with Gasteiger partial charge in [-0.15, -0.1) is 0 Å². The van der Waals surface area contributed by atoms with Gasteiger partial charge in [0.15, 0.2) is 5.69 Å². The Balaban J connectivity index is 1.99. The first-order chi connectivity index (χ1) is 13.0. The number of rotatable bonds is 3. The molecule has 0 bridgehead atoms. The fourth-order valence-electron chi connectivity index (χ4n) is 3.41. The van der Waals surface area contributed by atoms with Crippen molar-refractivity contribution >= 4 is 40.8 Å². The molecule has 27 heavy (non-hydrogen) atoms.